The Bertz CT molecular complexity index is 508. The summed E-state index contributed by atoms with van der Waals surface area (Å²) in [6.45, 7) is 3.01. The first-order valence-electron chi connectivity index (χ1n) is 7.93. The Hall–Kier alpha value is -1.41. The van der Waals surface area contributed by atoms with Crippen LogP contribution in [0.3, 0.4) is 0 Å². The van der Waals surface area contributed by atoms with Crippen LogP contribution in [0, 0.1) is 11.3 Å². The van der Waals surface area contributed by atoms with E-state index in [0.717, 1.165) is 5.56 Å². The van der Waals surface area contributed by atoms with Gasteiger partial charge in [-0.15, -0.1) is 0 Å². The second kappa shape index (κ2) is 6.57. The molecule has 4 nitrogen and oxygen atoms in total. The lowest BCUT2D eigenvalue weighted by molar-refractivity contribution is 0.151. The fourth-order valence-corrected chi connectivity index (χ4v) is 3.65. The molecule has 2 heterocycles. The number of nitrogens with zero attached hydrogens (tertiary/aromatic N) is 2. The molecule has 0 aromatic heterocycles. The number of piperidine rings is 1. The third-order valence-corrected chi connectivity index (χ3v) is 4.85. The van der Waals surface area contributed by atoms with E-state index in [-0.39, 0.29) is 0 Å². The third kappa shape index (κ3) is 3.26. The topological polar surface area (TPSA) is 59.3 Å². The fraction of sp³-hybridized carbons (Fsp3) is 0.588. The van der Waals surface area contributed by atoms with Gasteiger partial charge in [0.15, 0.2) is 0 Å². The van der Waals surface area contributed by atoms with Crippen LogP contribution in [0.2, 0.25) is 0 Å². The Morgan fingerprint density at radius 3 is 2.81 bits per heavy atom. The Labute approximate surface area is 126 Å². The summed E-state index contributed by atoms with van der Waals surface area (Å²) in [5, 5.41) is 22.6. The zero-order chi connectivity index (χ0) is 14.7. The van der Waals surface area contributed by atoms with E-state index < -0.39 is 6.10 Å². The predicted molar refractivity (Wildman–Crippen MR) is 81.7 cm³/mol. The van der Waals surface area contributed by atoms with Gasteiger partial charge < -0.3 is 10.4 Å². The van der Waals surface area contributed by atoms with Crippen LogP contribution in [0.4, 0.5) is 0 Å². The maximum atomic E-state index is 10.3. The summed E-state index contributed by atoms with van der Waals surface area (Å²) in [5.41, 5.74) is 1.51. The second-order valence-electron chi connectivity index (χ2n) is 6.15. The largest absolute Gasteiger partial charge is 0.387 e. The number of nitrogens with one attached hydrogen (secondary N) is 1. The van der Waals surface area contributed by atoms with Crippen molar-refractivity contribution in [1.29, 1.82) is 5.26 Å². The van der Waals surface area contributed by atoms with Gasteiger partial charge in [0.25, 0.3) is 0 Å². The number of fused-ring (bicyclic) bond motifs is 1. The fourth-order valence-electron chi connectivity index (χ4n) is 3.65. The molecule has 2 fully saturated rings. The van der Waals surface area contributed by atoms with Crippen molar-refractivity contribution in [2.24, 2.45) is 0 Å². The predicted octanol–water partition coefficient (Wildman–Crippen LogP) is 1.81. The van der Waals surface area contributed by atoms with E-state index in [4.69, 9.17) is 5.26 Å². The first-order valence-corrected chi connectivity index (χ1v) is 7.93. The molecule has 0 saturated carbocycles. The highest BCUT2D eigenvalue weighted by atomic mass is 16.3. The summed E-state index contributed by atoms with van der Waals surface area (Å²) in [6.07, 6.45) is 4.62. The van der Waals surface area contributed by atoms with Gasteiger partial charge in [0.2, 0.25) is 0 Å². The SMILES string of the molecule is N#Cc1ccc(C(O)CNC2CCN3CCCCC23)cc1. The van der Waals surface area contributed by atoms with Crippen LogP contribution in [0.25, 0.3) is 0 Å². The van der Waals surface area contributed by atoms with E-state index in [1.165, 1.54) is 38.8 Å². The first-order chi connectivity index (χ1) is 10.3. The average Bonchev–Trinajstić information content (AvgIpc) is 2.96. The number of hydrogen-bond acceptors (Lipinski definition) is 4. The van der Waals surface area contributed by atoms with Crippen LogP contribution >= 0.6 is 0 Å². The van der Waals surface area contributed by atoms with Gasteiger partial charge in [-0.2, -0.15) is 5.26 Å². The van der Waals surface area contributed by atoms with Crippen LogP contribution < -0.4 is 5.32 Å². The van der Waals surface area contributed by atoms with E-state index in [0.29, 0.717) is 24.2 Å². The summed E-state index contributed by atoms with van der Waals surface area (Å²) in [6, 6.07) is 10.5. The zero-order valence-corrected chi connectivity index (χ0v) is 12.3. The molecule has 3 atom stereocenters. The third-order valence-electron chi connectivity index (χ3n) is 4.85. The van der Waals surface area contributed by atoms with Gasteiger partial charge in [-0.3, -0.25) is 4.90 Å². The maximum Gasteiger partial charge on any atom is 0.0991 e. The summed E-state index contributed by atoms with van der Waals surface area (Å²) in [7, 11) is 0. The molecule has 0 spiro atoms. The van der Waals surface area contributed by atoms with Crippen molar-refractivity contribution in [2.75, 3.05) is 19.6 Å². The quantitative estimate of drug-likeness (QED) is 0.886. The highest BCUT2D eigenvalue weighted by molar-refractivity contribution is 5.32. The molecule has 2 saturated heterocycles. The molecule has 0 radical (unpaired) electrons. The minimum absolute atomic E-state index is 0.504. The Balaban J connectivity index is 1.53. The zero-order valence-electron chi connectivity index (χ0n) is 12.3. The molecule has 1 aromatic rings. The first kappa shape index (κ1) is 14.5. The Morgan fingerprint density at radius 1 is 1.24 bits per heavy atom. The normalized spacial score (nSPS) is 27.0. The summed E-state index contributed by atoms with van der Waals surface area (Å²) in [5.74, 6) is 0. The second-order valence-corrected chi connectivity index (χ2v) is 6.15. The monoisotopic (exact) mass is 285 g/mol. The van der Waals surface area contributed by atoms with Crippen molar-refractivity contribution in [2.45, 2.75) is 43.9 Å². The highest BCUT2D eigenvalue weighted by Gasteiger charge is 2.35. The molecule has 3 rings (SSSR count). The Kier molecular flexibility index (Phi) is 4.54. The highest BCUT2D eigenvalue weighted by Crippen LogP contribution is 2.27. The van der Waals surface area contributed by atoms with E-state index in [9.17, 15) is 5.11 Å². The van der Waals surface area contributed by atoms with Gasteiger partial charge in [0, 0.05) is 25.2 Å². The number of aliphatic hydroxyl groups is 1. The van der Waals surface area contributed by atoms with E-state index in [1.807, 2.05) is 12.1 Å². The van der Waals surface area contributed by atoms with Crippen LogP contribution in [0.5, 0.6) is 0 Å². The molecule has 112 valence electrons. The molecular formula is C17H23N3O. The molecule has 0 amide bonds. The minimum atomic E-state index is -0.504. The van der Waals surface area contributed by atoms with E-state index in [1.54, 1.807) is 12.1 Å². The van der Waals surface area contributed by atoms with Gasteiger partial charge in [0.05, 0.1) is 17.7 Å². The van der Waals surface area contributed by atoms with E-state index >= 15 is 0 Å². The molecule has 21 heavy (non-hydrogen) atoms. The van der Waals surface area contributed by atoms with Crippen molar-refractivity contribution in [3.63, 3.8) is 0 Å². The lowest BCUT2D eigenvalue weighted by atomic mass is 9.98. The van der Waals surface area contributed by atoms with Crippen molar-refractivity contribution in [1.82, 2.24) is 10.2 Å². The van der Waals surface area contributed by atoms with Crippen LogP contribution in [0.15, 0.2) is 24.3 Å². The summed E-state index contributed by atoms with van der Waals surface area (Å²) in [4.78, 5) is 2.59. The average molecular weight is 285 g/mol. The lowest BCUT2D eigenvalue weighted by Gasteiger charge is -2.33. The number of hydrogen-bond donors (Lipinski definition) is 2. The minimum Gasteiger partial charge on any atom is -0.387 e. The van der Waals surface area contributed by atoms with Crippen molar-refractivity contribution < 1.29 is 5.11 Å². The van der Waals surface area contributed by atoms with Gasteiger partial charge in [0.1, 0.15) is 0 Å². The summed E-state index contributed by atoms with van der Waals surface area (Å²) >= 11 is 0. The standard InChI is InChI=1S/C17H23N3O/c18-11-13-4-6-14(7-5-13)17(21)12-19-15-8-10-20-9-2-1-3-16(15)20/h4-7,15-17,19,21H,1-3,8-10,12H2. The van der Waals surface area contributed by atoms with Crippen molar-refractivity contribution >= 4 is 0 Å². The smallest absolute Gasteiger partial charge is 0.0991 e. The molecule has 2 aliphatic heterocycles. The Morgan fingerprint density at radius 2 is 2.05 bits per heavy atom. The van der Waals surface area contributed by atoms with Crippen LogP contribution in [0.1, 0.15) is 42.9 Å². The van der Waals surface area contributed by atoms with Gasteiger partial charge in [-0.05, 0) is 43.5 Å². The summed E-state index contributed by atoms with van der Waals surface area (Å²) < 4.78 is 0. The van der Waals surface area contributed by atoms with Crippen molar-refractivity contribution in [3.8, 4) is 6.07 Å². The maximum absolute atomic E-state index is 10.3. The van der Waals surface area contributed by atoms with Gasteiger partial charge >= 0.3 is 0 Å². The van der Waals surface area contributed by atoms with Gasteiger partial charge in [-0.25, -0.2) is 0 Å². The van der Waals surface area contributed by atoms with Crippen LogP contribution in [-0.2, 0) is 0 Å². The molecule has 0 bridgehead atoms. The molecule has 2 N–H and O–H groups in total. The van der Waals surface area contributed by atoms with Crippen LogP contribution in [-0.4, -0.2) is 41.7 Å². The molecule has 3 unspecified atom stereocenters. The van der Waals surface area contributed by atoms with Crippen molar-refractivity contribution in [3.05, 3.63) is 35.4 Å². The number of nitriles is 1. The molecule has 0 aliphatic carbocycles. The van der Waals surface area contributed by atoms with E-state index in [2.05, 4.69) is 16.3 Å². The number of aliphatic hydroxyl groups excluding tert-OH is 1. The molecule has 4 heteroatoms. The van der Waals surface area contributed by atoms with Gasteiger partial charge in [-0.1, -0.05) is 18.6 Å². The molecular weight excluding hydrogens is 262 g/mol. The lowest BCUT2D eigenvalue weighted by Crippen LogP contribution is -2.45. The molecule has 1 aromatic carbocycles. The number of benzene rings is 1. The molecule has 2 aliphatic rings. The number of rotatable bonds is 4.